The van der Waals surface area contributed by atoms with E-state index in [0.717, 1.165) is 37.6 Å². The Kier molecular flexibility index (Phi) is 8.38. The average Bonchev–Trinajstić information content (AvgIpc) is 3.92. The normalized spacial score (nSPS) is 35.4. The standard InChI is InChI=1S/C51H57N3O/c1-33-31-36(50-52-42-22-10-12-24-45(42)53(50)37-17-7-4-8-18-37)29-30-51(33,2)41-21-14-26-47-48(41)39-20-13-25-46(49(39)55-47)54-43-23-11-9-19-38(43)40-32-35(27-28-44(40)54)34-15-5-3-6-16-34/h3,5-6,9-10,12,14-17,19,21-22,24,26,29,32-33,39-40,44,46-49H,4,7-8,11,13,18,20,23,25,27-28,30-31H2,1-2H3. The van der Waals surface area contributed by atoms with E-state index in [2.05, 4.69) is 127 Å². The number of aromatic nitrogens is 2. The predicted octanol–water partition coefficient (Wildman–Crippen LogP) is 12.1. The van der Waals surface area contributed by atoms with Crippen molar-refractivity contribution in [2.45, 2.75) is 122 Å². The van der Waals surface area contributed by atoms with Gasteiger partial charge in [0.2, 0.25) is 0 Å². The monoisotopic (exact) mass is 727 g/mol. The van der Waals surface area contributed by atoms with Gasteiger partial charge in [0.1, 0.15) is 5.82 Å². The van der Waals surface area contributed by atoms with Crippen LogP contribution in [0.15, 0.2) is 120 Å². The lowest BCUT2D eigenvalue weighted by molar-refractivity contribution is -0.0323. The van der Waals surface area contributed by atoms with Crippen molar-refractivity contribution in [3.8, 4) is 0 Å². The zero-order chi connectivity index (χ0) is 36.7. The topological polar surface area (TPSA) is 30.3 Å². The summed E-state index contributed by atoms with van der Waals surface area (Å²) in [5.74, 6) is 3.21. The molecule has 9 atom stereocenters. The number of rotatable bonds is 5. The number of ether oxygens (including phenoxy) is 1. The molecule has 2 fully saturated rings. The lowest BCUT2D eigenvalue weighted by atomic mass is 9.58. The smallest absolute Gasteiger partial charge is 0.141 e. The van der Waals surface area contributed by atoms with E-state index in [0.29, 0.717) is 35.8 Å². The number of allylic oxidation sites excluding steroid dienone is 10. The second kappa shape index (κ2) is 13.5. The summed E-state index contributed by atoms with van der Waals surface area (Å²) in [7, 11) is 0. The van der Waals surface area contributed by atoms with Gasteiger partial charge >= 0.3 is 0 Å². The van der Waals surface area contributed by atoms with Crippen LogP contribution in [0, 0.1) is 29.1 Å². The third-order valence-corrected chi connectivity index (χ3v) is 15.6. The number of hydrogen-bond donors (Lipinski definition) is 0. The summed E-state index contributed by atoms with van der Waals surface area (Å²) in [6.45, 7) is 5.11. The molecule has 1 saturated carbocycles. The molecule has 0 N–H and O–H groups in total. The Bertz CT molecular complexity index is 2230. The van der Waals surface area contributed by atoms with E-state index < -0.39 is 0 Å². The molecular formula is C51H57N3O. The average molecular weight is 728 g/mol. The van der Waals surface area contributed by atoms with Crippen LogP contribution in [0.4, 0.5) is 0 Å². The van der Waals surface area contributed by atoms with Gasteiger partial charge in [-0.2, -0.15) is 0 Å². The Labute approximate surface area is 328 Å². The number of imidazole rings is 1. The number of nitrogens with zero attached hydrogens (tertiary/aromatic N) is 3. The van der Waals surface area contributed by atoms with Crippen LogP contribution < -0.4 is 0 Å². The SMILES string of the molecule is CC1CC(c2nc3ccccc3n2C2=CCCCC2)=CCC1(C)C1=CC=CC2OC3C(CCCC3N3C4=C(C=CCC4)C4C=C(c5ccccc5)CCC43)C12. The van der Waals surface area contributed by atoms with Gasteiger partial charge in [-0.15, -0.1) is 0 Å². The van der Waals surface area contributed by atoms with Gasteiger partial charge < -0.3 is 9.64 Å². The summed E-state index contributed by atoms with van der Waals surface area (Å²) < 4.78 is 9.91. The number of benzene rings is 2. The summed E-state index contributed by atoms with van der Waals surface area (Å²) in [4.78, 5) is 8.30. The maximum atomic E-state index is 7.39. The molecule has 3 aromatic rings. The van der Waals surface area contributed by atoms with Crippen LogP contribution >= 0.6 is 0 Å². The highest BCUT2D eigenvalue weighted by Crippen LogP contribution is 2.59. The molecule has 11 rings (SSSR count). The van der Waals surface area contributed by atoms with Crippen molar-refractivity contribution in [1.29, 1.82) is 0 Å². The zero-order valence-electron chi connectivity index (χ0n) is 32.9. The molecule has 282 valence electrons. The largest absolute Gasteiger partial charge is 0.368 e. The Morgan fingerprint density at radius 3 is 2.62 bits per heavy atom. The van der Waals surface area contributed by atoms with E-state index in [1.807, 2.05) is 0 Å². The van der Waals surface area contributed by atoms with Crippen LogP contribution in [0.5, 0.6) is 0 Å². The van der Waals surface area contributed by atoms with Gasteiger partial charge in [0.05, 0.1) is 29.3 Å². The molecular weight excluding hydrogens is 671 g/mol. The van der Waals surface area contributed by atoms with Crippen molar-refractivity contribution in [3.05, 3.63) is 131 Å². The summed E-state index contributed by atoms with van der Waals surface area (Å²) in [5, 5.41) is 0. The van der Waals surface area contributed by atoms with E-state index in [1.54, 1.807) is 16.8 Å². The predicted molar refractivity (Wildman–Crippen MR) is 226 cm³/mol. The summed E-state index contributed by atoms with van der Waals surface area (Å²) >= 11 is 0. The molecule has 4 nitrogen and oxygen atoms in total. The van der Waals surface area contributed by atoms with E-state index in [4.69, 9.17) is 9.72 Å². The lowest BCUT2D eigenvalue weighted by Crippen LogP contribution is -2.52. The molecule has 2 aromatic carbocycles. The van der Waals surface area contributed by atoms with Crippen molar-refractivity contribution < 1.29 is 4.74 Å². The third-order valence-electron chi connectivity index (χ3n) is 15.6. The van der Waals surface area contributed by atoms with Crippen LogP contribution in [-0.4, -0.2) is 38.7 Å². The summed E-state index contributed by atoms with van der Waals surface area (Å²) in [5.41, 5.74) is 13.2. The van der Waals surface area contributed by atoms with Crippen LogP contribution in [0.1, 0.15) is 109 Å². The second-order valence-corrected chi connectivity index (χ2v) is 18.4. The van der Waals surface area contributed by atoms with Crippen molar-refractivity contribution >= 4 is 27.9 Å². The molecule has 0 spiro atoms. The van der Waals surface area contributed by atoms with Gasteiger partial charge in [0, 0.05) is 29.3 Å². The Morgan fingerprint density at radius 1 is 0.855 bits per heavy atom. The fourth-order valence-electron chi connectivity index (χ4n) is 12.7. The summed E-state index contributed by atoms with van der Waals surface area (Å²) in [6.07, 6.45) is 36.0. The molecule has 0 bridgehead atoms. The highest BCUT2D eigenvalue weighted by molar-refractivity contribution is 5.84. The third kappa shape index (κ3) is 5.44. The highest BCUT2D eigenvalue weighted by atomic mass is 16.5. The minimum absolute atomic E-state index is 0.0912. The first kappa shape index (κ1) is 34.1. The Morgan fingerprint density at radius 2 is 1.75 bits per heavy atom. The van der Waals surface area contributed by atoms with Crippen molar-refractivity contribution in [2.24, 2.45) is 29.1 Å². The molecule has 4 heteroatoms. The van der Waals surface area contributed by atoms with Gasteiger partial charge in [-0.3, -0.25) is 4.57 Å². The molecule has 55 heavy (non-hydrogen) atoms. The van der Waals surface area contributed by atoms with Crippen molar-refractivity contribution in [3.63, 3.8) is 0 Å². The summed E-state index contributed by atoms with van der Waals surface area (Å²) in [6, 6.07) is 20.9. The van der Waals surface area contributed by atoms with Crippen molar-refractivity contribution in [1.82, 2.24) is 14.5 Å². The van der Waals surface area contributed by atoms with Crippen LogP contribution in [-0.2, 0) is 4.74 Å². The van der Waals surface area contributed by atoms with Crippen LogP contribution in [0.25, 0.3) is 27.9 Å². The van der Waals surface area contributed by atoms with Gasteiger partial charge in [0.25, 0.3) is 0 Å². The maximum Gasteiger partial charge on any atom is 0.141 e. The molecule has 1 saturated heterocycles. The van der Waals surface area contributed by atoms with Gasteiger partial charge in [-0.25, -0.2) is 4.98 Å². The Balaban J connectivity index is 0.893. The first-order chi connectivity index (χ1) is 27.1. The lowest BCUT2D eigenvalue weighted by Gasteiger charge is -2.48. The second-order valence-electron chi connectivity index (χ2n) is 18.4. The molecule has 9 unspecified atom stereocenters. The minimum Gasteiger partial charge on any atom is -0.368 e. The van der Waals surface area contributed by atoms with Gasteiger partial charge in [-0.05, 0) is 129 Å². The first-order valence-electron chi connectivity index (χ1n) is 21.9. The fraction of sp³-hybridized carbons (Fsp3) is 0.471. The molecule has 3 heterocycles. The fourth-order valence-corrected chi connectivity index (χ4v) is 12.7. The van der Waals surface area contributed by atoms with Crippen LogP contribution in [0.3, 0.4) is 0 Å². The number of hydrogen-bond acceptors (Lipinski definition) is 3. The van der Waals surface area contributed by atoms with Gasteiger partial charge in [0.15, 0.2) is 0 Å². The molecule has 1 aromatic heterocycles. The van der Waals surface area contributed by atoms with E-state index in [-0.39, 0.29) is 17.6 Å². The maximum absolute atomic E-state index is 7.39. The molecule has 0 radical (unpaired) electrons. The first-order valence-corrected chi connectivity index (χ1v) is 21.9. The minimum atomic E-state index is 0.0912. The molecule has 8 aliphatic rings. The molecule has 2 aliphatic heterocycles. The van der Waals surface area contributed by atoms with Gasteiger partial charge in [-0.1, -0.05) is 117 Å². The van der Waals surface area contributed by atoms with Crippen molar-refractivity contribution in [2.75, 3.05) is 0 Å². The quantitative estimate of drug-likeness (QED) is 0.262. The number of para-hydroxylation sites is 2. The Hall–Kier alpha value is -4.15. The van der Waals surface area contributed by atoms with Crippen LogP contribution in [0.2, 0.25) is 0 Å². The zero-order valence-corrected chi connectivity index (χ0v) is 32.9. The van der Waals surface area contributed by atoms with E-state index in [1.165, 1.54) is 85.1 Å². The highest BCUT2D eigenvalue weighted by Gasteiger charge is 2.57. The number of fused-ring (bicyclic) bond motifs is 6. The molecule has 0 amide bonds. The van der Waals surface area contributed by atoms with E-state index >= 15 is 0 Å². The van der Waals surface area contributed by atoms with E-state index in [9.17, 15) is 0 Å². The molecule has 6 aliphatic carbocycles.